The lowest BCUT2D eigenvalue weighted by Gasteiger charge is -2.11. The predicted octanol–water partition coefficient (Wildman–Crippen LogP) is 5.80. The number of ether oxygens (including phenoxy) is 1. The van der Waals surface area contributed by atoms with Crippen molar-refractivity contribution >= 4 is 62.3 Å². The molecule has 30 heavy (non-hydrogen) atoms. The highest BCUT2D eigenvalue weighted by molar-refractivity contribution is 8.01. The number of nitro groups is 1. The van der Waals surface area contributed by atoms with Gasteiger partial charge in [-0.25, -0.2) is 8.42 Å². The third-order valence-corrected chi connectivity index (χ3v) is 6.37. The van der Waals surface area contributed by atoms with Gasteiger partial charge in [-0.15, -0.1) is 11.8 Å². The highest BCUT2D eigenvalue weighted by atomic mass is 35.5. The van der Waals surface area contributed by atoms with Gasteiger partial charge in [-0.2, -0.15) is 0 Å². The van der Waals surface area contributed by atoms with E-state index >= 15 is 0 Å². The van der Waals surface area contributed by atoms with E-state index in [9.17, 15) is 18.5 Å². The molecule has 0 saturated carbocycles. The van der Waals surface area contributed by atoms with Crippen LogP contribution in [-0.2, 0) is 10.0 Å². The summed E-state index contributed by atoms with van der Waals surface area (Å²) in [6.45, 7) is 3.64. The lowest BCUT2D eigenvalue weighted by Crippen LogP contribution is -2.23. The van der Waals surface area contributed by atoms with Crippen molar-refractivity contribution in [2.75, 3.05) is 6.26 Å². The first-order valence-electron chi connectivity index (χ1n) is 8.04. The Kier molecular flexibility index (Phi) is 8.45. The molecule has 0 saturated heterocycles. The van der Waals surface area contributed by atoms with Gasteiger partial charge in [0, 0.05) is 24.3 Å². The number of sulfonamides is 1. The number of nitrogens with one attached hydrogen (secondary N) is 1. The Labute approximate surface area is 192 Å². The van der Waals surface area contributed by atoms with Gasteiger partial charge >= 0.3 is 0 Å². The molecule has 0 aliphatic heterocycles. The van der Waals surface area contributed by atoms with Gasteiger partial charge in [0.2, 0.25) is 0 Å². The third-order valence-electron chi connectivity index (χ3n) is 3.56. The molecule has 0 spiro atoms. The molecule has 0 unspecified atom stereocenters. The van der Waals surface area contributed by atoms with Crippen LogP contribution in [0.4, 0.5) is 5.69 Å². The lowest BCUT2D eigenvalue weighted by molar-refractivity contribution is -0.384. The maximum absolute atomic E-state index is 12.6. The second-order valence-electron chi connectivity index (χ2n) is 5.69. The Morgan fingerprint density at radius 3 is 2.67 bits per heavy atom. The van der Waals surface area contributed by atoms with Gasteiger partial charge in [-0.1, -0.05) is 47.5 Å². The van der Waals surface area contributed by atoms with Crippen molar-refractivity contribution in [2.45, 2.75) is 6.42 Å². The summed E-state index contributed by atoms with van der Waals surface area (Å²) in [7, 11) is -3.94. The van der Waals surface area contributed by atoms with Crippen molar-refractivity contribution in [2.24, 2.45) is 0 Å². The number of thioether (sulfide) groups is 1. The first-order valence-corrected chi connectivity index (χ1v) is 11.9. The van der Waals surface area contributed by atoms with Crippen LogP contribution in [-0.4, -0.2) is 19.6 Å². The summed E-state index contributed by atoms with van der Waals surface area (Å²) >= 11 is 19.9. The highest BCUT2D eigenvalue weighted by Gasteiger charge is 2.23. The van der Waals surface area contributed by atoms with Gasteiger partial charge in [-0.05, 0) is 29.9 Å². The molecule has 12 heteroatoms. The van der Waals surface area contributed by atoms with Crippen LogP contribution < -0.4 is 9.46 Å². The molecule has 7 nitrogen and oxygen atoms in total. The molecule has 0 amide bonds. The van der Waals surface area contributed by atoms with Crippen molar-refractivity contribution < 1.29 is 18.1 Å². The van der Waals surface area contributed by atoms with Crippen molar-refractivity contribution in [1.82, 2.24) is 4.72 Å². The normalized spacial score (nSPS) is 14.8. The lowest BCUT2D eigenvalue weighted by atomic mass is 10.3. The van der Waals surface area contributed by atoms with Crippen LogP contribution in [0.3, 0.4) is 0 Å². The van der Waals surface area contributed by atoms with Crippen molar-refractivity contribution in [3.05, 3.63) is 90.0 Å². The van der Waals surface area contributed by atoms with E-state index in [0.29, 0.717) is 0 Å². The molecule has 2 rings (SSSR count). The minimum Gasteiger partial charge on any atom is -0.453 e. The molecule has 1 aromatic carbocycles. The zero-order valence-electron chi connectivity index (χ0n) is 15.4. The second kappa shape index (κ2) is 10.4. The fraction of sp³-hybridized carbons (Fsp3) is 0.111. The average Bonchev–Trinajstić information content (AvgIpc) is 2.80. The Hall–Kier alpha value is -1.91. The van der Waals surface area contributed by atoms with Gasteiger partial charge in [0.25, 0.3) is 15.7 Å². The Morgan fingerprint density at radius 2 is 2.07 bits per heavy atom. The van der Waals surface area contributed by atoms with Crippen LogP contribution in [0.25, 0.3) is 0 Å². The number of hydrogen-bond donors (Lipinski definition) is 1. The van der Waals surface area contributed by atoms with Crippen LogP contribution in [0, 0.1) is 10.1 Å². The number of hydrogen-bond acceptors (Lipinski definition) is 6. The second-order valence-corrected chi connectivity index (χ2v) is 9.39. The number of rotatable bonds is 8. The van der Waals surface area contributed by atoms with Gasteiger partial charge in [-0.3, -0.25) is 14.8 Å². The first kappa shape index (κ1) is 24.4. The van der Waals surface area contributed by atoms with Crippen molar-refractivity contribution in [3.63, 3.8) is 0 Å². The summed E-state index contributed by atoms with van der Waals surface area (Å²) in [6, 6.07) is 3.61. The molecule has 0 radical (unpaired) electrons. The number of benzene rings is 1. The number of halogens is 3. The number of nitrogens with zero attached hydrogens (tertiary/aromatic N) is 1. The molecule has 160 valence electrons. The van der Waals surface area contributed by atoms with Gasteiger partial charge in [0.05, 0.1) is 24.9 Å². The van der Waals surface area contributed by atoms with E-state index in [-0.39, 0.29) is 49.3 Å². The number of non-ortho nitro benzene ring substituents is 1. The molecular formula is C18H15Cl3N2O5S2. The van der Waals surface area contributed by atoms with Crippen LogP contribution >= 0.6 is 46.6 Å². The number of allylic oxidation sites excluding steroid dienone is 6. The fourth-order valence-electron chi connectivity index (χ4n) is 2.17. The van der Waals surface area contributed by atoms with Gasteiger partial charge in [0.15, 0.2) is 5.76 Å². The van der Waals surface area contributed by atoms with Crippen molar-refractivity contribution in [3.8, 4) is 5.75 Å². The topological polar surface area (TPSA) is 98.5 Å². The monoisotopic (exact) mass is 508 g/mol. The molecule has 1 aromatic rings. The Morgan fingerprint density at radius 1 is 1.37 bits per heavy atom. The summed E-state index contributed by atoms with van der Waals surface area (Å²) in [5, 5.41) is 12.4. The van der Waals surface area contributed by atoms with E-state index in [1.165, 1.54) is 42.1 Å². The highest BCUT2D eigenvalue weighted by Crippen LogP contribution is 2.36. The third kappa shape index (κ3) is 6.29. The predicted molar refractivity (Wildman–Crippen MR) is 122 cm³/mol. The van der Waals surface area contributed by atoms with Crippen LogP contribution in [0.1, 0.15) is 6.42 Å². The minimum atomic E-state index is -3.94. The summed E-state index contributed by atoms with van der Waals surface area (Å²) in [4.78, 5) is 10.2. The molecule has 0 bridgehead atoms. The SMILES string of the molecule is C=C(/C=C\SC)NS(=O)(=O)C1=CC(Cl)=C(Oc2ccc([N+](=O)[O-])cc2Cl)C(Cl)=CC1. The zero-order valence-corrected chi connectivity index (χ0v) is 19.3. The van der Waals surface area contributed by atoms with Gasteiger partial charge in [0.1, 0.15) is 5.75 Å². The maximum Gasteiger partial charge on any atom is 0.271 e. The molecule has 0 atom stereocenters. The summed E-state index contributed by atoms with van der Waals surface area (Å²) in [5.41, 5.74) is -0.0381. The summed E-state index contributed by atoms with van der Waals surface area (Å²) in [6.07, 6.45) is 5.91. The standard InChI is InChI=1S/C18H15Cl3N2O5S2/c1-11(7-8-29-2)22-30(26,27)13-4-5-14(19)18(16(21)10-13)28-17-6-3-12(23(24)25)9-15(17)20/h3,5-10,22H,1,4H2,2H3/b8-7-. The molecule has 1 aliphatic rings. The smallest absolute Gasteiger partial charge is 0.271 e. The van der Waals surface area contributed by atoms with E-state index in [0.717, 1.165) is 6.07 Å². The van der Waals surface area contributed by atoms with E-state index < -0.39 is 14.9 Å². The molecule has 1 N–H and O–H groups in total. The van der Waals surface area contributed by atoms with E-state index in [4.69, 9.17) is 39.5 Å². The largest absolute Gasteiger partial charge is 0.453 e. The number of nitro benzene ring substituents is 1. The van der Waals surface area contributed by atoms with E-state index in [2.05, 4.69) is 11.3 Å². The summed E-state index contributed by atoms with van der Waals surface area (Å²) < 4.78 is 33.2. The van der Waals surface area contributed by atoms with Crippen LogP contribution in [0.2, 0.25) is 5.02 Å². The van der Waals surface area contributed by atoms with E-state index in [1.807, 2.05) is 6.26 Å². The molecule has 0 aromatic heterocycles. The molecule has 0 fully saturated rings. The summed E-state index contributed by atoms with van der Waals surface area (Å²) in [5.74, 6) is 0.0239. The average molecular weight is 510 g/mol. The maximum atomic E-state index is 12.6. The molecule has 1 aliphatic carbocycles. The van der Waals surface area contributed by atoms with Crippen LogP contribution in [0.5, 0.6) is 5.75 Å². The molecular weight excluding hydrogens is 495 g/mol. The van der Waals surface area contributed by atoms with E-state index in [1.54, 1.807) is 5.41 Å². The molecule has 0 heterocycles. The Balaban J connectivity index is 2.36. The minimum absolute atomic E-state index is 0.0368. The first-order chi connectivity index (χ1) is 14.0. The van der Waals surface area contributed by atoms with Crippen molar-refractivity contribution in [1.29, 1.82) is 0 Å². The fourth-order valence-corrected chi connectivity index (χ4v) is 4.40. The van der Waals surface area contributed by atoms with Crippen LogP contribution in [0.15, 0.2) is 74.8 Å². The van der Waals surface area contributed by atoms with Gasteiger partial charge < -0.3 is 4.74 Å². The quantitative estimate of drug-likeness (QED) is 0.270. The Bertz CT molecular complexity index is 1110. The zero-order chi connectivity index (χ0) is 22.5.